The maximum Gasteiger partial charge on any atom is 0.222 e. The lowest BCUT2D eigenvalue weighted by Gasteiger charge is -2.31. The first-order chi connectivity index (χ1) is 25.0. The van der Waals surface area contributed by atoms with E-state index in [1.165, 1.54) is 4.90 Å². The minimum atomic E-state index is -1.81. The Balaban J connectivity index is 1.16. The van der Waals surface area contributed by atoms with Gasteiger partial charge in [0.05, 0.1) is 31.0 Å². The number of aryl methyl sites for hydroxylation is 1. The number of hydrogen-bond acceptors (Lipinski definition) is 10. The van der Waals surface area contributed by atoms with Crippen molar-refractivity contribution in [3.05, 3.63) is 81.6 Å². The van der Waals surface area contributed by atoms with Crippen molar-refractivity contribution < 1.29 is 44.9 Å². The van der Waals surface area contributed by atoms with E-state index < -0.39 is 42.7 Å². The number of hydrogen-bond donors (Lipinski definition) is 6. The molecule has 2 aliphatic rings. The van der Waals surface area contributed by atoms with Crippen LogP contribution in [0.3, 0.4) is 0 Å². The van der Waals surface area contributed by atoms with Crippen LogP contribution in [0.25, 0.3) is 11.1 Å². The van der Waals surface area contributed by atoms with Crippen LogP contribution in [-0.2, 0) is 28.2 Å². The predicted octanol–water partition coefficient (Wildman–Crippen LogP) is 4.55. The second-order valence-corrected chi connectivity index (χ2v) is 14.7. The van der Waals surface area contributed by atoms with Crippen molar-refractivity contribution in [2.75, 3.05) is 19.7 Å². The summed E-state index contributed by atoms with van der Waals surface area (Å²) in [6.45, 7) is 0.752. The number of benzene rings is 2. The molecule has 2 fully saturated rings. The largest absolute Gasteiger partial charge is 0.490 e. The number of amides is 1. The van der Waals surface area contributed by atoms with Crippen molar-refractivity contribution in [3.8, 4) is 16.9 Å². The van der Waals surface area contributed by atoms with E-state index in [9.17, 15) is 30.3 Å². The van der Waals surface area contributed by atoms with Gasteiger partial charge in [-0.05, 0) is 92.3 Å². The third-order valence-electron chi connectivity index (χ3n) is 9.81. The van der Waals surface area contributed by atoms with Gasteiger partial charge in [-0.3, -0.25) is 9.78 Å². The summed E-state index contributed by atoms with van der Waals surface area (Å²) >= 11 is 13.5. The number of rotatable bonds is 21. The minimum absolute atomic E-state index is 0.0752. The molecule has 13 heteroatoms. The first-order valence-corrected chi connectivity index (χ1v) is 18.8. The highest BCUT2D eigenvalue weighted by molar-refractivity contribution is 6.34. The summed E-state index contributed by atoms with van der Waals surface area (Å²) in [5.41, 5.74) is 4.18. The number of aliphatic hydroxyl groups excluding tert-OH is 6. The van der Waals surface area contributed by atoms with Gasteiger partial charge in [-0.15, -0.1) is 0 Å². The van der Waals surface area contributed by atoms with E-state index in [-0.39, 0.29) is 38.1 Å². The minimum Gasteiger partial charge on any atom is -0.490 e. The van der Waals surface area contributed by atoms with Gasteiger partial charge in [-0.25, -0.2) is 0 Å². The highest BCUT2D eigenvalue weighted by Gasteiger charge is 2.48. The highest BCUT2D eigenvalue weighted by atomic mass is 35.5. The molecule has 6 N–H and O–H groups in total. The van der Waals surface area contributed by atoms with Gasteiger partial charge in [-0.2, -0.15) is 0 Å². The summed E-state index contributed by atoms with van der Waals surface area (Å²) in [5.74, 6) is 0.513. The third kappa shape index (κ3) is 10.4. The molecule has 0 aliphatic heterocycles. The molecule has 0 saturated heterocycles. The molecule has 2 aromatic carbocycles. The van der Waals surface area contributed by atoms with E-state index in [2.05, 4.69) is 11.1 Å². The Bertz CT molecular complexity index is 1640. The van der Waals surface area contributed by atoms with Crippen LogP contribution in [0, 0.1) is 0 Å². The Kier molecular flexibility index (Phi) is 14.3. The number of aromatic nitrogens is 1. The van der Waals surface area contributed by atoms with E-state index in [0.717, 1.165) is 59.3 Å². The van der Waals surface area contributed by atoms with Gasteiger partial charge < -0.3 is 45.0 Å². The number of halogens is 2. The zero-order chi connectivity index (χ0) is 37.4. The van der Waals surface area contributed by atoms with Crippen molar-refractivity contribution in [1.82, 2.24) is 9.88 Å². The maximum atomic E-state index is 13.1. The molecule has 1 aromatic heterocycles. The predicted molar refractivity (Wildman–Crippen MR) is 197 cm³/mol. The van der Waals surface area contributed by atoms with Crippen molar-refractivity contribution in [1.29, 1.82) is 0 Å². The number of aliphatic hydroxyl groups is 6. The molecule has 0 unspecified atom stereocenters. The smallest absolute Gasteiger partial charge is 0.222 e. The molecule has 52 heavy (non-hydrogen) atoms. The number of unbranched alkanes of at least 4 members (excludes halogenated alkanes) is 1. The number of carbonyl (C=O) groups is 1. The molecule has 284 valence electrons. The molecule has 2 saturated carbocycles. The summed E-state index contributed by atoms with van der Waals surface area (Å²) in [5, 5.41) is 60.6. The van der Waals surface area contributed by atoms with E-state index in [0.29, 0.717) is 35.7 Å². The number of ether oxygens (including phenoxy) is 2. The highest BCUT2D eigenvalue weighted by Crippen LogP contribution is 2.53. The molecule has 3 aromatic rings. The van der Waals surface area contributed by atoms with Gasteiger partial charge in [0.2, 0.25) is 5.91 Å². The van der Waals surface area contributed by atoms with Crippen LogP contribution in [0.5, 0.6) is 5.75 Å². The Hall–Kier alpha value is -2.84. The lowest BCUT2D eigenvalue weighted by atomic mass is 9.96. The van der Waals surface area contributed by atoms with Gasteiger partial charge in [-0.1, -0.05) is 48.3 Å². The summed E-state index contributed by atoms with van der Waals surface area (Å²) < 4.78 is 12.8. The van der Waals surface area contributed by atoms with Crippen LogP contribution in [0.1, 0.15) is 75.0 Å². The molecule has 2 aliphatic carbocycles. The van der Waals surface area contributed by atoms with Crippen LogP contribution in [0.4, 0.5) is 0 Å². The zero-order valence-corrected chi connectivity index (χ0v) is 30.9. The Morgan fingerprint density at radius 2 is 1.63 bits per heavy atom. The van der Waals surface area contributed by atoms with Gasteiger partial charge in [0.15, 0.2) is 0 Å². The topological polar surface area (TPSA) is 173 Å². The van der Waals surface area contributed by atoms with Gasteiger partial charge in [0.25, 0.3) is 0 Å². The first-order valence-electron chi connectivity index (χ1n) is 18.1. The van der Waals surface area contributed by atoms with E-state index in [1.54, 1.807) is 13.1 Å². The number of pyridine rings is 1. The normalized spacial score (nSPS) is 17.9. The Morgan fingerprint density at radius 1 is 0.942 bits per heavy atom. The average Bonchev–Trinajstić information content (AvgIpc) is 4.10. The summed E-state index contributed by atoms with van der Waals surface area (Å²) in [7, 11) is 0. The molecule has 0 bridgehead atoms. The maximum absolute atomic E-state index is 13.1. The fraction of sp³-hybridized carbons (Fsp3) is 0.538. The van der Waals surface area contributed by atoms with Crippen molar-refractivity contribution >= 4 is 29.1 Å². The lowest BCUT2D eigenvalue weighted by Crippen LogP contribution is -2.51. The Morgan fingerprint density at radius 3 is 2.33 bits per heavy atom. The molecule has 1 heterocycles. The monoisotopic (exact) mass is 760 g/mol. The van der Waals surface area contributed by atoms with Crippen molar-refractivity contribution in [2.24, 2.45) is 0 Å². The fourth-order valence-electron chi connectivity index (χ4n) is 6.21. The second-order valence-electron chi connectivity index (χ2n) is 13.9. The summed E-state index contributed by atoms with van der Waals surface area (Å²) in [4.78, 5) is 18.8. The quantitative estimate of drug-likeness (QED) is 0.0847. The molecule has 0 spiro atoms. The number of carbonyl (C=O) groups excluding carboxylic acids is 1. The second kappa shape index (κ2) is 18.5. The third-order valence-corrected chi connectivity index (χ3v) is 10.5. The molecular formula is C39H50Cl2N2O9. The van der Waals surface area contributed by atoms with Crippen LogP contribution in [0.2, 0.25) is 10.0 Å². The molecule has 5 rings (SSSR count). The lowest BCUT2D eigenvalue weighted by molar-refractivity contribution is -0.141. The van der Waals surface area contributed by atoms with E-state index >= 15 is 0 Å². The van der Waals surface area contributed by atoms with Crippen molar-refractivity contribution in [3.63, 3.8) is 0 Å². The Labute approximate surface area is 314 Å². The van der Waals surface area contributed by atoms with Crippen LogP contribution in [0.15, 0.2) is 54.9 Å². The molecule has 1 amide bonds. The number of nitrogens with zero attached hydrogens (tertiary/aromatic N) is 2. The van der Waals surface area contributed by atoms with Gasteiger partial charge in [0.1, 0.15) is 30.2 Å². The van der Waals surface area contributed by atoms with E-state index in [1.807, 2.05) is 42.6 Å². The number of para-hydroxylation sites is 1. The van der Waals surface area contributed by atoms with Gasteiger partial charge >= 0.3 is 0 Å². The molecule has 0 radical (unpaired) electrons. The fourth-order valence-corrected chi connectivity index (χ4v) is 6.73. The standard InChI is InChI=1S/C39H50Cl2N2O9/c1-2-26(45)20-43(21-33(46)37(49)38(50)34(47)22-44)36(48)10-6-3-7-24-17-32(41)25(18-31(24)40)23-51-39(14-15-39)30-19-42-16-13-28(30)29-8-4-5-9-35(29)52-27-11-12-27/h4-5,8-9,13,16-19,26-27,33-34,37-38,44-47,49-50H,2-3,6-7,10-12,14-15,20-23H2,1H3/t26-,33+,34-,37-,38-/m1/s1. The van der Waals surface area contributed by atoms with Crippen LogP contribution < -0.4 is 4.74 Å². The molecule has 5 atom stereocenters. The first kappa shape index (κ1) is 40.3. The van der Waals surface area contributed by atoms with Crippen LogP contribution >= 0.6 is 23.2 Å². The molecular weight excluding hydrogens is 711 g/mol. The SMILES string of the molecule is CC[C@@H](O)CN(C[C@H](O)[C@@H](O)[C@H](O)[C@H](O)CO)C(=O)CCCCc1cc(Cl)c(COC2(c3cnccc3-c3ccccc3OC3CC3)CC2)cc1Cl. The zero-order valence-electron chi connectivity index (χ0n) is 29.4. The molecule has 11 nitrogen and oxygen atoms in total. The summed E-state index contributed by atoms with van der Waals surface area (Å²) in [6.07, 6.45) is 2.14. The van der Waals surface area contributed by atoms with E-state index in [4.69, 9.17) is 37.8 Å². The summed E-state index contributed by atoms with van der Waals surface area (Å²) in [6, 6.07) is 13.7. The van der Waals surface area contributed by atoms with Crippen molar-refractivity contribution in [2.45, 2.75) is 114 Å². The average molecular weight is 762 g/mol. The van der Waals surface area contributed by atoms with Gasteiger partial charge in [0, 0.05) is 53.1 Å². The van der Waals surface area contributed by atoms with Crippen LogP contribution in [-0.4, -0.2) is 103 Å².